The Morgan fingerprint density at radius 3 is 1.54 bits per heavy atom. The summed E-state index contributed by atoms with van der Waals surface area (Å²) >= 11 is 0. The highest BCUT2D eigenvalue weighted by Crippen LogP contribution is 2.11. The van der Waals surface area contributed by atoms with Gasteiger partial charge in [0.15, 0.2) is 0 Å². The fourth-order valence-electron chi connectivity index (χ4n) is 2.59. The molecule has 1 N–H and O–H groups in total. The first-order valence-electron chi connectivity index (χ1n) is 10.3. The van der Waals surface area contributed by atoms with E-state index in [0.717, 1.165) is 31.4 Å². The Labute approximate surface area is 169 Å². The van der Waals surface area contributed by atoms with Crippen molar-refractivity contribution < 1.29 is 32.0 Å². The van der Waals surface area contributed by atoms with Crippen LogP contribution in [0.5, 0.6) is 0 Å². The summed E-state index contributed by atoms with van der Waals surface area (Å²) in [7, 11) is -4.06. The molecular weight excluding hydrogens is 384 g/mol. The largest absolute Gasteiger partial charge is 0.463 e. The normalized spacial score (nSPS) is 11.6. The van der Waals surface area contributed by atoms with Gasteiger partial charge in [0, 0.05) is 12.2 Å². The average Bonchev–Trinajstić information content (AvgIpc) is 2.63. The second-order valence-corrected chi connectivity index (χ2v) is 8.42. The van der Waals surface area contributed by atoms with Gasteiger partial charge >= 0.3 is 11.9 Å². The molecule has 0 unspecified atom stereocenters. The molecular formula is C20H36O7S. The Morgan fingerprint density at radius 2 is 1.11 bits per heavy atom. The molecule has 0 aromatic carbocycles. The highest BCUT2D eigenvalue weighted by Gasteiger charge is 2.05. The molecule has 0 saturated carbocycles. The van der Waals surface area contributed by atoms with Gasteiger partial charge in [-0.1, -0.05) is 71.1 Å². The summed E-state index contributed by atoms with van der Waals surface area (Å²) in [5, 5.41) is 0. The summed E-state index contributed by atoms with van der Waals surface area (Å²) in [6.45, 7) is 2.39. The molecule has 7 nitrogen and oxygen atoms in total. The third kappa shape index (κ3) is 20.9. The summed E-state index contributed by atoms with van der Waals surface area (Å²) in [6, 6.07) is 0. The first-order valence-corrected chi connectivity index (χ1v) is 11.9. The Balaban J connectivity index is 3.49. The van der Waals surface area contributed by atoms with Crippen LogP contribution in [0.4, 0.5) is 0 Å². The van der Waals surface area contributed by atoms with Crippen molar-refractivity contribution in [3.63, 3.8) is 0 Å². The molecule has 0 saturated heterocycles. The minimum atomic E-state index is -4.06. The maximum atomic E-state index is 11.5. The van der Waals surface area contributed by atoms with Crippen LogP contribution >= 0.6 is 0 Å². The summed E-state index contributed by atoms with van der Waals surface area (Å²) in [5.74, 6) is -1.85. The molecule has 0 atom stereocenters. The van der Waals surface area contributed by atoms with Crippen molar-refractivity contribution in [1.29, 1.82) is 0 Å². The number of unbranched alkanes of at least 4 members (excludes halogenated alkanes) is 10. The van der Waals surface area contributed by atoms with Crippen molar-refractivity contribution in [3.8, 4) is 0 Å². The van der Waals surface area contributed by atoms with Gasteiger partial charge in [0.05, 0.1) is 19.0 Å². The molecule has 28 heavy (non-hydrogen) atoms. The van der Waals surface area contributed by atoms with Crippen molar-refractivity contribution in [2.75, 3.05) is 19.0 Å². The zero-order chi connectivity index (χ0) is 21.1. The lowest BCUT2D eigenvalue weighted by molar-refractivity contribution is -0.140. The zero-order valence-corrected chi connectivity index (χ0v) is 17.9. The van der Waals surface area contributed by atoms with Crippen LogP contribution in [0.1, 0.15) is 84.0 Å². The van der Waals surface area contributed by atoms with Crippen LogP contribution in [-0.4, -0.2) is 43.9 Å². The maximum absolute atomic E-state index is 11.5. The third-order valence-electron chi connectivity index (χ3n) is 4.14. The third-order valence-corrected chi connectivity index (χ3v) is 4.94. The molecule has 0 spiro atoms. The maximum Gasteiger partial charge on any atom is 0.331 e. The van der Waals surface area contributed by atoms with Gasteiger partial charge in [-0.3, -0.25) is 4.55 Å². The second-order valence-electron chi connectivity index (χ2n) is 6.84. The van der Waals surface area contributed by atoms with Crippen LogP contribution in [0.2, 0.25) is 0 Å². The molecule has 0 aromatic heterocycles. The van der Waals surface area contributed by atoms with Gasteiger partial charge in [-0.05, 0) is 12.8 Å². The summed E-state index contributed by atoms with van der Waals surface area (Å²) in [4.78, 5) is 22.8. The Morgan fingerprint density at radius 1 is 0.714 bits per heavy atom. The summed E-state index contributed by atoms with van der Waals surface area (Å²) < 4.78 is 39.2. The molecule has 0 aliphatic rings. The lowest BCUT2D eigenvalue weighted by atomic mass is 10.1. The van der Waals surface area contributed by atoms with Crippen LogP contribution in [0.25, 0.3) is 0 Å². The average molecular weight is 421 g/mol. The summed E-state index contributed by atoms with van der Waals surface area (Å²) in [6.07, 6.45) is 15.3. The standard InChI is InChI=1S/C20H36O7S/c1-2-3-4-5-6-7-8-9-10-11-12-16-26-19(21)14-15-20(22)27-17-13-18-28(23,24)25/h14-15H,2-13,16-18H2,1H3,(H,23,24,25). The Hall–Kier alpha value is -1.41. The summed E-state index contributed by atoms with van der Waals surface area (Å²) in [5.41, 5.74) is 0. The van der Waals surface area contributed by atoms with E-state index in [1.54, 1.807) is 0 Å². The molecule has 0 bridgehead atoms. The molecule has 164 valence electrons. The lowest BCUT2D eigenvalue weighted by Gasteiger charge is -2.03. The highest BCUT2D eigenvalue weighted by molar-refractivity contribution is 7.85. The lowest BCUT2D eigenvalue weighted by Crippen LogP contribution is -2.10. The van der Waals surface area contributed by atoms with E-state index in [1.807, 2.05) is 0 Å². The molecule has 0 aromatic rings. The van der Waals surface area contributed by atoms with E-state index in [9.17, 15) is 18.0 Å². The van der Waals surface area contributed by atoms with E-state index in [0.29, 0.717) is 6.61 Å². The van der Waals surface area contributed by atoms with Crippen LogP contribution < -0.4 is 0 Å². The Kier molecular flexibility index (Phi) is 16.8. The fourth-order valence-corrected chi connectivity index (χ4v) is 3.07. The molecule has 0 rings (SSSR count). The Bertz CT molecular complexity index is 541. The van der Waals surface area contributed by atoms with E-state index in [-0.39, 0.29) is 13.0 Å². The monoisotopic (exact) mass is 420 g/mol. The smallest absolute Gasteiger partial charge is 0.331 e. The van der Waals surface area contributed by atoms with Gasteiger partial charge in [-0.2, -0.15) is 8.42 Å². The van der Waals surface area contributed by atoms with Crippen molar-refractivity contribution in [3.05, 3.63) is 12.2 Å². The first kappa shape index (κ1) is 26.6. The molecule has 0 aliphatic carbocycles. The number of esters is 2. The van der Waals surface area contributed by atoms with Crippen molar-refractivity contribution in [2.24, 2.45) is 0 Å². The molecule has 0 radical (unpaired) electrons. The number of hydrogen-bond acceptors (Lipinski definition) is 6. The van der Waals surface area contributed by atoms with Crippen LogP contribution in [-0.2, 0) is 29.2 Å². The molecule has 8 heteroatoms. The van der Waals surface area contributed by atoms with Crippen molar-refractivity contribution in [1.82, 2.24) is 0 Å². The van der Waals surface area contributed by atoms with E-state index in [2.05, 4.69) is 6.92 Å². The predicted octanol–water partition coefficient (Wildman–Crippen LogP) is 4.22. The number of carbonyl (C=O) groups excluding carboxylic acids is 2. The molecule has 0 fully saturated rings. The van der Waals surface area contributed by atoms with Crippen LogP contribution in [0, 0.1) is 0 Å². The van der Waals surface area contributed by atoms with Crippen molar-refractivity contribution in [2.45, 2.75) is 84.0 Å². The SMILES string of the molecule is CCCCCCCCCCCCCOC(=O)C=CC(=O)OCCCS(=O)(=O)O. The number of hydrogen-bond donors (Lipinski definition) is 1. The quantitative estimate of drug-likeness (QED) is 0.153. The topological polar surface area (TPSA) is 107 Å². The van der Waals surface area contributed by atoms with Gasteiger partial charge in [-0.15, -0.1) is 0 Å². The van der Waals surface area contributed by atoms with Crippen molar-refractivity contribution >= 4 is 22.1 Å². The minimum absolute atomic E-state index is 0.0122. The van der Waals surface area contributed by atoms with Gasteiger partial charge in [0.2, 0.25) is 0 Å². The number of rotatable bonds is 18. The zero-order valence-electron chi connectivity index (χ0n) is 17.1. The van der Waals surface area contributed by atoms with Gasteiger partial charge in [0.1, 0.15) is 0 Å². The first-order chi connectivity index (χ1) is 13.3. The minimum Gasteiger partial charge on any atom is -0.463 e. The number of ether oxygens (including phenoxy) is 2. The van der Waals surface area contributed by atoms with E-state index in [4.69, 9.17) is 14.0 Å². The van der Waals surface area contributed by atoms with Crippen LogP contribution in [0.3, 0.4) is 0 Å². The molecule has 0 aliphatic heterocycles. The van der Waals surface area contributed by atoms with E-state index < -0.39 is 27.8 Å². The van der Waals surface area contributed by atoms with Gasteiger partial charge in [0.25, 0.3) is 10.1 Å². The predicted molar refractivity (Wildman–Crippen MR) is 109 cm³/mol. The highest BCUT2D eigenvalue weighted by atomic mass is 32.2. The second kappa shape index (κ2) is 17.7. The van der Waals surface area contributed by atoms with E-state index >= 15 is 0 Å². The van der Waals surface area contributed by atoms with Gasteiger partial charge < -0.3 is 9.47 Å². The van der Waals surface area contributed by atoms with E-state index in [1.165, 1.54) is 51.4 Å². The van der Waals surface area contributed by atoms with Gasteiger partial charge in [-0.25, -0.2) is 9.59 Å². The van der Waals surface area contributed by atoms with Crippen LogP contribution in [0.15, 0.2) is 12.2 Å². The number of carbonyl (C=O) groups is 2. The molecule has 0 heterocycles. The fraction of sp³-hybridized carbons (Fsp3) is 0.800. The molecule has 0 amide bonds.